The molecule has 106 valence electrons. The van der Waals surface area contributed by atoms with E-state index in [2.05, 4.69) is 41.2 Å². The molecule has 1 aromatic rings. The molecule has 1 N–H and O–H groups in total. The Morgan fingerprint density at radius 3 is 3.05 bits per heavy atom. The third-order valence-corrected chi connectivity index (χ3v) is 4.04. The number of hydrogen-bond acceptors (Lipinski definition) is 3. The van der Waals surface area contributed by atoms with E-state index >= 15 is 0 Å². The first-order valence-electron chi connectivity index (χ1n) is 7.79. The normalized spacial score (nSPS) is 20.4. The molecule has 1 aliphatic heterocycles. The summed E-state index contributed by atoms with van der Waals surface area (Å²) in [5.74, 6) is 1.10. The molecule has 0 unspecified atom stereocenters. The first-order chi connectivity index (χ1) is 9.36. The van der Waals surface area contributed by atoms with Gasteiger partial charge in [0, 0.05) is 24.3 Å². The fraction of sp³-hybridized carbons (Fsp3) is 0.688. The van der Waals surface area contributed by atoms with Gasteiger partial charge in [0.25, 0.3) is 0 Å². The highest BCUT2D eigenvalue weighted by atomic mass is 15.2. The van der Waals surface area contributed by atoms with Crippen LogP contribution in [0, 0.1) is 0 Å². The summed E-state index contributed by atoms with van der Waals surface area (Å²) in [6, 6.07) is 4.87. The van der Waals surface area contributed by atoms with E-state index < -0.39 is 0 Å². The molecule has 0 radical (unpaired) electrons. The number of pyridine rings is 1. The number of aromatic nitrogens is 1. The molecule has 1 saturated heterocycles. The van der Waals surface area contributed by atoms with Crippen LogP contribution in [0.2, 0.25) is 0 Å². The molecule has 0 aromatic carbocycles. The van der Waals surface area contributed by atoms with Crippen LogP contribution >= 0.6 is 0 Å². The van der Waals surface area contributed by atoms with Gasteiger partial charge in [0.15, 0.2) is 0 Å². The Kier molecular flexibility index (Phi) is 5.64. The van der Waals surface area contributed by atoms with Crippen LogP contribution < -0.4 is 5.32 Å². The molecular weight excluding hydrogens is 234 g/mol. The third-order valence-electron chi connectivity index (χ3n) is 4.04. The van der Waals surface area contributed by atoms with Gasteiger partial charge in [-0.3, -0.25) is 4.90 Å². The quantitative estimate of drug-likeness (QED) is 0.789. The van der Waals surface area contributed by atoms with Gasteiger partial charge in [0.1, 0.15) is 5.82 Å². The lowest BCUT2D eigenvalue weighted by Gasteiger charge is -2.35. The summed E-state index contributed by atoms with van der Waals surface area (Å²) in [5, 5.41) is 3.52. The highest BCUT2D eigenvalue weighted by Gasteiger charge is 2.24. The van der Waals surface area contributed by atoms with Crippen molar-refractivity contribution in [3.8, 4) is 0 Å². The van der Waals surface area contributed by atoms with Gasteiger partial charge >= 0.3 is 0 Å². The minimum atomic E-state index is 0.552. The van der Waals surface area contributed by atoms with Crippen LogP contribution in [-0.2, 0) is 0 Å². The van der Waals surface area contributed by atoms with Crippen LogP contribution in [0.4, 0.5) is 5.82 Å². The van der Waals surface area contributed by atoms with E-state index in [1.165, 1.54) is 44.2 Å². The number of nitrogens with one attached hydrogen (secondary N) is 1. The van der Waals surface area contributed by atoms with E-state index in [4.69, 9.17) is 0 Å². The van der Waals surface area contributed by atoms with Gasteiger partial charge < -0.3 is 5.32 Å². The van der Waals surface area contributed by atoms with Crippen LogP contribution in [0.1, 0.15) is 57.6 Å². The van der Waals surface area contributed by atoms with Crippen molar-refractivity contribution in [2.75, 3.05) is 25.0 Å². The number of anilines is 1. The van der Waals surface area contributed by atoms with E-state index in [0.29, 0.717) is 6.04 Å². The zero-order valence-electron chi connectivity index (χ0n) is 12.4. The third kappa shape index (κ3) is 3.69. The van der Waals surface area contributed by atoms with Crippen molar-refractivity contribution in [1.82, 2.24) is 9.88 Å². The SMILES string of the molecule is CCCCNc1ncccc1[C@@H]1CCCCN1CC. The summed E-state index contributed by atoms with van der Waals surface area (Å²) in [7, 11) is 0. The Bertz CT molecular complexity index is 378. The molecule has 0 saturated carbocycles. The van der Waals surface area contributed by atoms with Gasteiger partial charge in [-0.15, -0.1) is 0 Å². The Morgan fingerprint density at radius 1 is 1.37 bits per heavy atom. The van der Waals surface area contributed by atoms with Crippen molar-refractivity contribution in [3.63, 3.8) is 0 Å². The molecular formula is C16H27N3. The predicted octanol–water partition coefficient (Wildman–Crippen LogP) is 3.84. The smallest absolute Gasteiger partial charge is 0.130 e. The number of rotatable bonds is 6. The van der Waals surface area contributed by atoms with Gasteiger partial charge in [-0.2, -0.15) is 0 Å². The zero-order chi connectivity index (χ0) is 13.5. The van der Waals surface area contributed by atoms with Gasteiger partial charge in [-0.25, -0.2) is 4.98 Å². The maximum absolute atomic E-state index is 4.56. The predicted molar refractivity (Wildman–Crippen MR) is 81.5 cm³/mol. The topological polar surface area (TPSA) is 28.2 Å². The molecule has 1 fully saturated rings. The summed E-state index contributed by atoms with van der Waals surface area (Å²) in [4.78, 5) is 7.15. The molecule has 0 spiro atoms. The molecule has 19 heavy (non-hydrogen) atoms. The fourth-order valence-corrected chi connectivity index (χ4v) is 2.94. The zero-order valence-corrected chi connectivity index (χ0v) is 12.4. The highest BCUT2D eigenvalue weighted by Crippen LogP contribution is 2.33. The summed E-state index contributed by atoms with van der Waals surface area (Å²) in [6.45, 7) is 7.87. The number of likely N-dealkylation sites (tertiary alicyclic amines) is 1. The maximum atomic E-state index is 4.56. The Balaban J connectivity index is 2.12. The average molecular weight is 261 g/mol. The van der Waals surface area contributed by atoms with Gasteiger partial charge in [-0.1, -0.05) is 32.8 Å². The molecule has 0 amide bonds. The van der Waals surface area contributed by atoms with Crippen LogP contribution in [0.3, 0.4) is 0 Å². The lowest BCUT2D eigenvalue weighted by Crippen LogP contribution is -2.33. The largest absolute Gasteiger partial charge is 0.370 e. The van der Waals surface area contributed by atoms with Crippen molar-refractivity contribution in [2.45, 2.75) is 52.0 Å². The molecule has 3 nitrogen and oxygen atoms in total. The number of nitrogens with zero attached hydrogens (tertiary/aromatic N) is 2. The summed E-state index contributed by atoms with van der Waals surface area (Å²) in [6.07, 6.45) is 8.27. The average Bonchev–Trinajstić information content (AvgIpc) is 2.48. The summed E-state index contributed by atoms with van der Waals surface area (Å²) < 4.78 is 0. The minimum Gasteiger partial charge on any atom is -0.370 e. The van der Waals surface area contributed by atoms with Crippen LogP contribution in [0.15, 0.2) is 18.3 Å². The van der Waals surface area contributed by atoms with E-state index in [9.17, 15) is 0 Å². The van der Waals surface area contributed by atoms with Crippen molar-refractivity contribution in [3.05, 3.63) is 23.9 Å². The molecule has 0 bridgehead atoms. The van der Waals surface area contributed by atoms with Gasteiger partial charge in [-0.05, 0) is 38.4 Å². The first kappa shape index (κ1) is 14.3. The first-order valence-corrected chi connectivity index (χ1v) is 7.79. The Labute approximate surface area is 117 Å². The van der Waals surface area contributed by atoms with Crippen LogP contribution in [0.5, 0.6) is 0 Å². The monoisotopic (exact) mass is 261 g/mol. The lowest BCUT2D eigenvalue weighted by molar-refractivity contribution is 0.157. The van der Waals surface area contributed by atoms with E-state index in [0.717, 1.165) is 18.9 Å². The van der Waals surface area contributed by atoms with E-state index in [1.807, 2.05) is 6.20 Å². The Morgan fingerprint density at radius 2 is 2.26 bits per heavy atom. The van der Waals surface area contributed by atoms with Crippen molar-refractivity contribution in [2.24, 2.45) is 0 Å². The molecule has 1 aliphatic rings. The second kappa shape index (κ2) is 7.49. The lowest BCUT2D eigenvalue weighted by atomic mass is 9.95. The molecule has 0 aliphatic carbocycles. The summed E-state index contributed by atoms with van der Waals surface area (Å²) in [5.41, 5.74) is 1.39. The molecule has 1 aromatic heterocycles. The van der Waals surface area contributed by atoms with Crippen molar-refractivity contribution >= 4 is 5.82 Å². The van der Waals surface area contributed by atoms with Gasteiger partial charge in [0.2, 0.25) is 0 Å². The van der Waals surface area contributed by atoms with E-state index in [-0.39, 0.29) is 0 Å². The second-order valence-corrected chi connectivity index (χ2v) is 5.36. The van der Waals surface area contributed by atoms with Gasteiger partial charge in [0.05, 0.1) is 0 Å². The maximum Gasteiger partial charge on any atom is 0.130 e. The second-order valence-electron chi connectivity index (χ2n) is 5.36. The molecule has 2 rings (SSSR count). The highest BCUT2D eigenvalue weighted by molar-refractivity contribution is 5.45. The molecule has 2 heterocycles. The number of piperidine rings is 1. The van der Waals surface area contributed by atoms with Crippen molar-refractivity contribution < 1.29 is 0 Å². The fourth-order valence-electron chi connectivity index (χ4n) is 2.94. The minimum absolute atomic E-state index is 0.552. The number of hydrogen-bond donors (Lipinski definition) is 1. The van der Waals surface area contributed by atoms with Crippen LogP contribution in [0.25, 0.3) is 0 Å². The van der Waals surface area contributed by atoms with Crippen LogP contribution in [-0.4, -0.2) is 29.5 Å². The number of unbranched alkanes of at least 4 members (excludes halogenated alkanes) is 1. The summed E-state index contributed by atoms with van der Waals surface area (Å²) >= 11 is 0. The molecule has 1 atom stereocenters. The Hall–Kier alpha value is -1.09. The molecule has 3 heteroatoms. The van der Waals surface area contributed by atoms with E-state index in [1.54, 1.807) is 0 Å². The van der Waals surface area contributed by atoms with Crippen molar-refractivity contribution in [1.29, 1.82) is 0 Å². The standard InChI is InChI=1S/C16H27N3/c1-3-5-11-17-16-14(9-8-12-18-16)15-10-6-7-13-19(15)4-2/h8-9,12,15H,3-7,10-11,13H2,1-2H3,(H,17,18)/t15-/m0/s1.